The second-order valence-electron chi connectivity index (χ2n) is 5.67. The van der Waals surface area contributed by atoms with Gasteiger partial charge in [0, 0.05) is 43.3 Å². The van der Waals surface area contributed by atoms with E-state index in [-0.39, 0.29) is 17.9 Å². The molecule has 2 aromatic rings. The third kappa shape index (κ3) is 2.39. The summed E-state index contributed by atoms with van der Waals surface area (Å²) in [6, 6.07) is 7.22. The molecule has 21 heavy (non-hydrogen) atoms. The quantitative estimate of drug-likeness (QED) is 0.915. The van der Waals surface area contributed by atoms with Crippen molar-refractivity contribution < 1.29 is 9.59 Å². The highest BCUT2D eigenvalue weighted by molar-refractivity contribution is 6.00. The van der Waals surface area contributed by atoms with E-state index in [2.05, 4.69) is 4.98 Å². The van der Waals surface area contributed by atoms with Crippen LogP contribution < -0.4 is 0 Å². The molecule has 1 aromatic heterocycles. The topological polar surface area (TPSA) is 56.4 Å². The van der Waals surface area contributed by atoms with Crippen molar-refractivity contribution in [1.29, 1.82) is 0 Å². The largest absolute Gasteiger partial charge is 0.361 e. The highest BCUT2D eigenvalue weighted by atomic mass is 16.2. The van der Waals surface area contributed by atoms with Crippen molar-refractivity contribution in [2.24, 2.45) is 0 Å². The first kappa shape index (κ1) is 13.7. The van der Waals surface area contributed by atoms with Gasteiger partial charge < -0.3 is 14.8 Å². The molecular formula is C16H19N3O2. The van der Waals surface area contributed by atoms with Gasteiger partial charge in [-0.05, 0) is 37.1 Å². The molecule has 5 nitrogen and oxygen atoms in total. The molecule has 1 aromatic carbocycles. The molecule has 0 aliphatic carbocycles. The van der Waals surface area contributed by atoms with Gasteiger partial charge in [-0.3, -0.25) is 9.59 Å². The average molecular weight is 285 g/mol. The SMILES string of the molecule is CN(C)C(=O)C1CCCN1C(=O)c1ccc2[nH]ccc2c1. The van der Waals surface area contributed by atoms with Gasteiger partial charge in [-0.1, -0.05) is 0 Å². The number of benzene rings is 1. The lowest BCUT2D eigenvalue weighted by Crippen LogP contribution is -2.45. The van der Waals surface area contributed by atoms with Crippen molar-refractivity contribution in [3.8, 4) is 0 Å². The van der Waals surface area contributed by atoms with E-state index < -0.39 is 0 Å². The van der Waals surface area contributed by atoms with Crippen LogP contribution in [0.15, 0.2) is 30.5 Å². The van der Waals surface area contributed by atoms with E-state index in [1.54, 1.807) is 23.9 Å². The maximum atomic E-state index is 12.7. The molecule has 1 fully saturated rings. The lowest BCUT2D eigenvalue weighted by Gasteiger charge is -2.26. The molecule has 0 saturated carbocycles. The van der Waals surface area contributed by atoms with Crippen LogP contribution >= 0.6 is 0 Å². The van der Waals surface area contributed by atoms with Gasteiger partial charge in [0.25, 0.3) is 5.91 Å². The average Bonchev–Trinajstić information content (AvgIpc) is 3.13. The molecule has 1 unspecified atom stereocenters. The maximum Gasteiger partial charge on any atom is 0.254 e. The summed E-state index contributed by atoms with van der Waals surface area (Å²) < 4.78 is 0. The Balaban J connectivity index is 1.88. The minimum Gasteiger partial charge on any atom is -0.361 e. The minimum absolute atomic E-state index is 0.00331. The fourth-order valence-corrected chi connectivity index (χ4v) is 2.92. The molecule has 1 aliphatic heterocycles. The molecule has 0 radical (unpaired) electrons. The standard InChI is InChI=1S/C16H19N3O2/c1-18(2)16(21)14-4-3-9-19(14)15(20)12-5-6-13-11(10-12)7-8-17-13/h5-8,10,14,17H,3-4,9H2,1-2H3. The van der Waals surface area contributed by atoms with Gasteiger partial charge in [0.05, 0.1) is 0 Å². The van der Waals surface area contributed by atoms with Crippen LogP contribution in [0.4, 0.5) is 0 Å². The van der Waals surface area contributed by atoms with Gasteiger partial charge in [0.1, 0.15) is 6.04 Å². The van der Waals surface area contributed by atoms with Gasteiger partial charge in [-0.15, -0.1) is 0 Å². The fourth-order valence-electron chi connectivity index (χ4n) is 2.92. The van der Waals surface area contributed by atoms with Crippen LogP contribution in [-0.4, -0.2) is 53.3 Å². The number of aromatic amines is 1. The van der Waals surface area contributed by atoms with Crippen molar-refractivity contribution in [1.82, 2.24) is 14.8 Å². The molecule has 0 spiro atoms. The number of hydrogen-bond acceptors (Lipinski definition) is 2. The number of rotatable bonds is 2. The van der Waals surface area contributed by atoms with E-state index in [4.69, 9.17) is 0 Å². The number of nitrogens with one attached hydrogen (secondary N) is 1. The number of carbonyl (C=O) groups is 2. The molecule has 1 atom stereocenters. The minimum atomic E-state index is -0.325. The van der Waals surface area contributed by atoms with Gasteiger partial charge in [-0.25, -0.2) is 0 Å². The van der Waals surface area contributed by atoms with Crippen molar-refractivity contribution in [2.45, 2.75) is 18.9 Å². The molecule has 2 amide bonds. The number of carbonyl (C=O) groups excluding carboxylic acids is 2. The summed E-state index contributed by atoms with van der Waals surface area (Å²) in [5.74, 6) is -0.0561. The molecular weight excluding hydrogens is 266 g/mol. The summed E-state index contributed by atoms with van der Waals surface area (Å²) >= 11 is 0. The Hall–Kier alpha value is -2.30. The van der Waals surface area contributed by atoms with Crippen molar-refractivity contribution >= 4 is 22.7 Å². The summed E-state index contributed by atoms with van der Waals surface area (Å²) in [4.78, 5) is 31.3. The van der Waals surface area contributed by atoms with E-state index in [0.29, 0.717) is 12.1 Å². The normalized spacial score (nSPS) is 18.2. The number of hydrogen-bond donors (Lipinski definition) is 1. The van der Waals surface area contributed by atoms with E-state index in [0.717, 1.165) is 23.7 Å². The Morgan fingerprint density at radius 1 is 1.29 bits per heavy atom. The summed E-state index contributed by atoms with van der Waals surface area (Å²) in [5.41, 5.74) is 1.65. The zero-order valence-electron chi connectivity index (χ0n) is 12.3. The number of likely N-dealkylation sites (tertiary alicyclic amines) is 1. The molecule has 5 heteroatoms. The Morgan fingerprint density at radius 2 is 2.10 bits per heavy atom. The van der Waals surface area contributed by atoms with Gasteiger partial charge in [0.15, 0.2) is 0 Å². The summed E-state index contributed by atoms with van der Waals surface area (Å²) in [6.07, 6.45) is 3.48. The van der Waals surface area contributed by atoms with E-state index in [1.165, 1.54) is 0 Å². The lowest BCUT2D eigenvalue weighted by molar-refractivity contribution is -0.132. The summed E-state index contributed by atoms with van der Waals surface area (Å²) in [6.45, 7) is 0.647. The summed E-state index contributed by atoms with van der Waals surface area (Å²) in [5, 5.41) is 1.01. The number of amides is 2. The second kappa shape index (κ2) is 5.24. The van der Waals surface area contributed by atoms with E-state index >= 15 is 0 Å². The Kier molecular flexibility index (Phi) is 3.41. The third-order valence-corrected chi connectivity index (χ3v) is 4.04. The highest BCUT2D eigenvalue weighted by Gasteiger charge is 2.35. The molecule has 3 rings (SSSR count). The van der Waals surface area contributed by atoms with Crippen molar-refractivity contribution in [2.75, 3.05) is 20.6 Å². The van der Waals surface area contributed by atoms with Crippen molar-refractivity contribution in [3.63, 3.8) is 0 Å². The molecule has 1 aliphatic rings. The van der Waals surface area contributed by atoms with E-state index in [1.807, 2.05) is 30.5 Å². The first-order chi connectivity index (χ1) is 10.1. The molecule has 1 saturated heterocycles. The Labute approximate surface area is 123 Å². The smallest absolute Gasteiger partial charge is 0.254 e. The van der Waals surface area contributed by atoms with Crippen LogP contribution in [0.5, 0.6) is 0 Å². The molecule has 110 valence electrons. The van der Waals surface area contributed by atoms with Crippen LogP contribution in [0, 0.1) is 0 Å². The van der Waals surface area contributed by atoms with Crippen LogP contribution in [0.25, 0.3) is 10.9 Å². The first-order valence-electron chi connectivity index (χ1n) is 7.17. The number of likely N-dealkylation sites (N-methyl/N-ethyl adjacent to an activating group) is 1. The Bertz CT molecular complexity index is 690. The monoisotopic (exact) mass is 285 g/mol. The number of nitrogens with zero attached hydrogens (tertiary/aromatic N) is 2. The van der Waals surface area contributed by atoms with Gasteiger partial charge in [0.2, 0.25) is 5.91 Å². The maximum absolute atomic E-state index is 12.7. The van der Waals surface area contributed by atoms with Gasteiger partial charge >= 0.3 is 0 Å². The molecule has 0 bridgehead atoms. The lowest BCUT2D eigenvalue weighted by atomic mass is 10.1. The zero-order chi connectivity index (χ0) is 15.0. The zero-order valence-corrected chi connectivity index (χ0v) is 12.3. The fraction of sp³-hybridized carbons (Fsp3) is 0.375. The van der Waals surface area contributed by atoms with Crippen LogP contribution in [0.2, 0.25) is 0 Å². The predicted molar refractivity (Wildman–Crippen MR) is 81.1 cm³/mol. The van der Waals surface area contributed by atoms with Gasteiger partial charge in [-0.2, -0.15) is 0 Å². The second-order valence-corrected chi connectivity index (χ2v) is 5.67. The summed E-state index contributed by atoms with van der Waals surface area (Å²) in [7, 11) is 3.46. The molecule has 1 N–H and O–H groups in total. The first-order valence-corrected chi connectivity index (χ1v) is 7.17. The number of fused-ring (bicyclic) bond motifs is 1. The number of H-pyrrole nitrogens is 1. The van der Waals surface area contributed by atoms with Crippen LogP contribution in [-0.2, 0) is 4.79 Å². The van der Waals surface area contributed by atoms with Crippen molar-refractivity contribution in [3.05, 3.63) is 36.0 Å². The molecule has 2 heterocycles. The Morgan fingerprint density at radius 3 is 2.86 bits per heavy atom. The predicted octanol–water partition coefficient (Wildman–Crippen LogP) is 1.86. The third-order valence-electron chi connectivity index (χ3n) is 4.04. The van der Waals surface area contributed by atoms with E-state index in [9.17, 15) is 9.59 Å². The van der Waals surface area contributed by atoms with Crippen LogP contribution in [0.1, 0.15) is 23.2 Å². The van der Waals surface area contributed by atoms with Crippen LogP contribution in [0.3, 0.4) is 0 Å². The number of aromatic nitrogens is 1. The highest BCUT2D eigenvalue weighted by Crippen LogP contribution is 2.23.